The number of nitrogens with zero attached hydrogens (tertiary/aromatic N) is 2. The molecule has 0 bridgehead atoms. The van der Waals surface area contributed by atoms with Crippen LogP contribution in [0.2, 0.25) is 0 Å². The van der Waals surface area contributed by atoms with Gasteiger partial charge in [0.1, 0.15) is 5.75 Å². The highest BCUT2D eigenvalue weighted by Crippen LogP contribution is 2.29. The predicted octanol–water partition coefficient (Wildman–Crippen LogP) is 4.34. The van der Waals surface area contributed by atoms with Crippen LogP contribution < -0.4 is 4.74 Å². The van der Waals surface area contributed by atoms with Crippen molar-refractivity contribution in [2.75, 3.05) is 20.2 Å². The van der Waals surface area contributed by atoms with Crippen LogP contribution in [-0.4, -0.2) is 37.4 Å². The number of halogens is 2. The second-order valence-corrected chi connectivity index (χ2v) is 5.22. The molecular formula is C16H24F2N2O. The number of alkyl halides is 2. The van der Waals surface area contributed by atoms with Crippen molar-refractivity contribution in [1.29, 1.82) is 0 Å². The summed E-state index contributed by atoms with van der Waals surface area (Å²) in [6.45, 7) is 7.49. The average Bonchev–Trinajstić information content (AvgIpc) is 2.45. The molecule has 0 aliphatic heterocycles. The summed E-state index contributed by atoms with van der Waals surface area (Å²) < 4.78 is 31.8. The quantitative estimate of drug-likeness (QED) is 0.552. The lowest BCUT2D eigenvalue weighted by Crippen LogP contribution is -2.24. The van der Waals surface area contributed by atoms with Crippen LogP contribution in [-0.2, 0) is 0 Å². The van der Waals surface area contributed by atoms with Gasteiger partial charge in [0, 0.05) is 20.0 Å². The van der Waals surface area contributed by atoms with Gasteiger partial charge in [-0.2, -0.15) is 0 Å². The number of hydrogen-bond donors (Lipinski definition) is 0. The van der Waals surface area contributed by atoms with E-state index < -0.39 is 12.5 Å². The predicted molar refractivity (Wildman–Crippen MR) is 83.1 cm³/mol. The van der Waals surface area contributed by atoms with Crippen molar-refractivity contribution < 1.29 is 13.5 Å². The zero-order valence-corrected chi connectivity index (χ0v) is 13.4. The van der Waals surface area contributed by atoms with E-state index >= 15 is 0 Å². The molecule has 0 heterocycles. The summed E-state index contributed by atoms with van der Waals surface area (Å²) in [5, 5.41) is 0. The molecule has 1 aromatic carbocycles. The first-order chi connectivity index (χ1) is 9.79. The fourth-order valence-electron chi connectivity index (χ4n) is 1.60. The third-order valence-corrected chi connectivity index (χ3v) is 3.34. The van der Waals surface area contributed by atoms with Crippen molar-refractivity contribution in [3.05, 3.63) is 23.3 Å². The maximum absolute atomic E-state index is 13.2. The summed E-state index contributed by atoms with van der Waals surface area (Å²) in [7, 11) is 1.94. The van der Waals surface area contributed by atoms with Crippen molar-refractivity contribution >= 4 is 12.0 Å². The maximum atomic E-state index is 13.2. The van der Waals surface area contributed by atoms with Crippen molar-refractivity contribution in [3.63, 3.8) is 0 Å². The SMILES string of the molecule is CCN(C)/C=N/c1cc(C)c(OCC(F)(F)CC)cc1C. The van der Waals surface area contributed by atoms with Crippen LogP contribution in [0.1, 0.15) is 31.4 Å². The smallest absolute Gasteiger partial charge is 0.281 e. The molecular weight excluding hydrogens is 274 g/mol. The molecule has 0 saturated heterocycles. The van der Waals surface area contributed by atoms with Crippen LogP contribution in [0.5, 0.6) is 5.75 Å². The summed E-state index contributed by atoms with van der Waals surface area (Å²) in [4.78, 5) is 6.36. The number of benzene rings is 1. The number of aliphatic imine (C=N–C) groups is 1. The van der Waals surface area contributed by atoms with Crippen molar-refractivity contribution in [2.45, 2.75) is 40.0 Å². The molecule has 0 saturated carbocycles. The highest BCUT2D eigenvalue weighted by Gasteiger charge is 2.27. The lowest BCUT2D eigenvalue weighted by atomic mass is 10.1. The molecule has 0 N–H and O–H groups in total. The third-order valence-electron chi connectivity index (χ3n) is 3.34. The molecule has 0 aliphatic carbocycles. The molecule has 0 radical (unpaired) electrons. The Morgan fingerprint density at radius 2 is 1.90 bits per heavy atom. The Morgan fingerprint density at radius 1 is 1.24 bits per heavy atom. The molecule has 1 aromatic rings. The highest BCUT2D eigenvalue weighted by molar-refractivity contribution is 5.64. The third kappa shape index (κ3) is 5.33. The van der Waals surface area contributed by atoms with Crippen LogP contribution in [0.4, 0.5) is 14.5 Å². The Bertz CT molecular complexity index is 501. The normalized spacial score (nSPS) is 12.0. The second kappa shape index (κ2) is 7.38. The molecule has 1 rings (SSSR count). The molecule has 0 fully saturated rings. The number of rotatable bonds is 7. The van der Waals surface area contributed by atoms with E-state index in [1.165, 1.54) is 6.92 Å². The summed E-state index contributed by atoms with van der Waals surface area (Å²) >= 11 is 0. The summed E-state index contributed by atoms with van der Waals surface area (Å²) in [6.07, 6.45) is 1.53. The topological polar surface area (TPSA) is 24.8 Å². The molecule has 3 nitrogen and oxygen atoms in total. The van der Waals surface area contributed by atoms with Gasteiger partial charge < -0.3 is 9.64 Å². The van der Waals surface area contributed by atoms with Crippen molar-refractivity contribution in [2.24, 2.45) is 4.99 Å². The Balaban J connectivity index is 2.87. The molecule has 21 heavy (non-hydrogen) atoms. The van der Waals surface area contributed by atoms with E-state index in [-0.39, 0.29) is 6.42 Å². The van der Waals surface area contributed by atoms with Gasteiger partial charge in [0.15, 0.2) is 6.61 Å². The summed E-state index contributed by atoms with van der Waals surface area (Å²) in [5.74, 6) is -2.30. The molecule has 0 aromatic heterocycles. The van der Waals surface area contributed by atoms with Crippen LogP contribution in [0, 0.1) is 13.8 Å². The number of ether oxygens (including phenoxy) is 1. The van der Waals surface area contributed by atoms with Gasteiger partial charge in [-0.15, -0.1) is 0 Å². The zero-order chi connectivity index (χ0) is 16.0. The average molecular weight is 298 g/mol. The minimum Gasteiger partial charge on any atom is -0.487 e. The van der Waals surface area contributed by atoms with Gasteiger partial charge in [0.05, 0.1) is 12.0 Å². The van der Waals surface area contributed by atoms with Crippen LogP contribution in [0.25, 0.3) is 0 Å². The molecule has 5 heteroatoms. The van der Waals surface area contributed by atoms with Gasteiger partial charge in [-0.05, 0) is 44.0 Å². The summed E-state index contributed by atoms with van der Waals surface area (Å²) in [6, 6.07) is 3.62. The van der Waals surface area contributed by atoms with Crippen molar-refractivity contribution in [3.8, 4) is 5.75 Å². The van der Waals surface area contributed by atoms with Crippen LogP contribution in [0.15, 0.2) is 17.1 Å². The largest absolute Gasteiger partial charge is 0.487 e. The van der Waals surface area contributed by atoms with E-state index in [1.54, 1.807) is 12.4 Å². The fraction of sp³-hybridized carbons (Fsp3) is 0.562. The van der Waals surface area contributed by atoms with E-state index in [1.807, 2.05) is 38.8 Å². The standard InChI is InChI=1S/C16H24F2N2O/c1-6-16(17,18)10-21-15-9-12(3)14(8-13(15)4)19-11-20(5)7-2/h8-9,11H,6-7,10H2,1-5H3/b19-11+. The maximum Gasteiger partial charge on any atom is 0.281 e. The monoisotopic (exact) mass is 298 g/mol. The van der Waals surface area contributed by atoms with E-state index in [9.17, 15) is 8.78 Å². The second-order valence-electron chi connectivity index (χ2n) is 5.22. The van der Waals surface area contributed by atoms with E-state index in [0.717, 1.165) is 23.4 Å². The minimum absolute atomic E-state index is 0.225. The van der Waals surface area contributed by atoms with Crippen LogP contribution in [0.3, 0.4) is 0 Å². The molecule has 0 aliphatic rings. The molecule has 0 spiro atoms. The van der Waals surface area contributed by atoms with Gasteiger partial charge in [-0.25, -0.2) is 13.8 Å². The minimum atomic E-state index is -2.79. The van der Waals surface area contributed by atoms with Gasteiger partial charge in [-0.3, -0.25) is 0 Å². The lowest BCUT2D eigenvalue weighted by molar-refractivity contribution is -0.0437. The Hall–Kier alpha value is -1.65. The first-order valence-electron chi connectivity index (χ1n) is 7.15. The van der Waals surface area contributed by atoms with Gasteiger partial charge in [0.25, 0.3) is 5.92 Å². The Kier molecular flexibility index (Phi) is 6.12. The first-order valence-corrected chi connectivity index (χ1v) is 7.15. The van der Waals surface area contributed by atoms with Crippen molar-refractivity contribution in [1.82, 2.24) is 4.90 Å². The summed E-state index contributed by atoms with van der Waals surface area (Å²) in [5.41, 5.74) is 2.53. The van der Waals surface area contributed by atoms with Gasteiger partial charge >= 0.3 is 0 Å². The van der Waals surface area contributed by atoms with E-state index in [0.29, 0.717) is 5.75 Å². The number of hydrogen-bond acceptors (Lipinski definition) is 2. The molecule has 0 amide bonds. The zero-order valence-electron chi connectivity index (χ0n) is 13.4. The highest BCUT2D eigenvalue weighted by atomic mass is 19.3. The molecule has 118 valence electrons. The number of aryl methyl sites for hydroxylation is 2. The fourth-order valence-corrected chi connectivity index (χ4v) is 1.60. The van der Waals surface area contributed by atoms with E-state index in [2.05, 4.69) is 4.99 Å². The lowest BCUT2D eigenvalue weighted by Gasteiger charge is -2.17. The van der Waals surface area contributed by atoms with Crippen LogP contribution >= 0.6 is 0 Å². The first kappa shape index (κ1) is 17.4. The molecule has 0 atom stereocenters. The van der Waals surface area contributed by atoms with Gasteiger partial charge in [-0.1, -0.05) is 6.92 Å². The Labute approximate surface area is 125 Å². The Morgan fingerprint density at radius 3 is 2.48 bits per heavy atom. The molecule has 0 unspecified atom stereocenters. The van der Waals surface area contributed by atoms with E-state index in [4.69, 9.17) is 4.74 Å². The van der Waals surface area contributed by atoms with Gasteiger partial charge in [0.2, 0.25) is 0 Å².